The van der Waals surface area contributed by atoms with Crippen LogP contribution in [-0.4, -0.2) is 29.6 Å². The second kappa shape index (κ2) is 8.84. The smallest absolute Gasteiger partial charge is 0.260 e. The Bertz CT molecular complexity index is 521. The van der Waals surface area contributed by atoms with E-state index in [9.17, 15) is 4.79 Å². The molecule has 1 aliphatic rings. The molecule has 1 aromatic rings. The molecule has 2 rings (SSSR count). The molecular weight excluding hydrogens is 330 g/mol. The lowest BCUT2D eigenvalue weighted by atomic mass is 10.1. The highest BCUT2D eigenvalue weighted by molar-refractivity contribution is 7.99. The van der Waals surface area contributed by atoms with E-state index in [0.717, 1.165) is 27.2 Å². The van der Waals surface area contributed by atoms with Gasteiger partial charge in [0.05, 0.1) is 0 Å². The summed E-state index contributed by atoms with van der Waals surface area (Å²) in [6.07, 6.45) is 4.86. The van der Waals surface area contributed by atoms with Gasteiger partial charge < -0.3 is 10.1 Å². The number of rotatable bonds is 7. The summed E-state index contributed by atoms with van der Waals surface area (Å²) in [4.78, 5) is 12.1. The van der Waals surface area contributed by atoms with Crippen LogP contribution in [0.5, 0.6) is 5.75 Å². The Hall–Kier alpha value is -0.870. The predicted molar refractivity (Wildman–Crippen MR) is 98.7 cm³/mol. The van der Waals surface area contributed by atoms with Crippen LogP contribution in [0.4, 0.5) is 0 Å². The van der Waals surface area contributed by atoms with Crippen LogP contribution in [0, 0.1) is 13.8 Å². The monoisotopic (exact) mass is 355 g/mol. The largest absolute Gasteiger partial charge is 0.481 e. The molecule has 3 nitrogen and oxygen atoms in total. The van der Waals surface area contributed by atoms with E-state index in [4.69, 9.17) is 16.3 Å². The van der Waals surface area contributed by atoms with Crippen molar-refractivity contribution in [2.45, 2.75) is 57.8 Å². The van der Waals surface area contributed by atoms with Gasteiger partial charge >= 0.3 is 0 Å². The number of amides is 1. The normalized spacial score (nSPS) is 16.3. The zero-order chi connectivity index (χ0) is 16.8. The molecule has 1 N–H and O–H groups in total. The number of aryl methyl sites for hydroxylation is 2. The van der Waals surface area contributed by atoms with Crippen LogP contribution in [0.2, 0.25) is 5.02 Å². The van der Waals surface area contributed by atoms with Crippen LogP contribution < -0.4 is 10.1 Å². The quantitative estimate of drug-likeness (QED) is 0.731. The highest BCUT2D eigenvalue weighted by Gasteiger charge is 2.17. The Morgan fingerprint density at radius 3 is 2.57 bits per heavy atom. The van der Waals surface area contributed by atoms with E-state index in [2.05, 4.69) is 5.32 Å². The fourth-order valence-corrected chi connectivity index (χ4v) is 4.16. The van der Waals surface area contributed by atoms with Crippen molar-refractivity contribution in [1.82, 2.24) is 5.32 Å². The fraction of sp³-hybridized carbons (Fsp3) is 0.611. The number of nitrogens with one attached hydrogen (secondary N) is 1. The second-order valence-corrected chi connectivity index (χ2v) is 7.99. The minimum Gasteiger partial charge on any atom is -0.481 e. The van der Waals surface area contributed by atoms with Crippen molar-refractivity contribution in [2.75, 3.05) is 12.3 Å². The topological polar surface area (TPSA) is 38.3 Å². The van der Waals surface area contributed by atoms with Gasteiger partial charge in [-0.25, -0.2) is 0 Å². The van der Waals surface area contributed by atoms with Gasteiger partial charge in [0.2, 0.25) is 0 Å². The van der Waals surface area contributed by atoms with Crippen LogP contribution in [0.25, 0.3) is 0 Å². The van der Waals surface area contributed by atoms with Crippen LogP contribution in [0.15, 0.2) is 12.1 Å². The minimum absolute atomic E-state index is 0.0673. The summed E-state index contributed by atoms with van der Waals surface area (Å²) >= 11 is 8.13. The van der Waals surface area contributed by atoms with Crippen molar-refractivity contribution in [1.29, 1.82) is 0 Å². The standard InChI is InChI=1S/C18H26ClNO2S/c1-12-10-15(11-13(2)17(12)19)22-14(3)18(21)20-8-9-23-16-6-4-5-7-16/h10-11,14,16H,4-9H2,1-3H3,(H,20,21). The molecule has 0 bridgehead atoms. The summed E-state index contributed by atoms with van der Waals surface area (Å²) < 4.78 is 5.75. The third-order valence-corrected chi connectivity index (χ3v) is 6.13. The van der Waals surface area contributed by atoms with Gasteiger partial charge in [-0.05, 0) is 56.9 Å². The van der Waals surface area contributed by atoms with E-state index >= 15 is 0 Å². The summed E-state index contributed by atoms with van der Waals surface area (Å²) in [7, 11) is 0. The molecule has 0 aliphatic heterocycles. The van der Waals surface area contributed by atoms with Gasteiger partial charge in [0.15, 0.2) is 6.10 Å². The lowest BCUT2D eigenvalue weighted by Crippen LogP contribution is -2.37. The maximum atomic E-state index is 12.1. The maximum Gasteiger partial charge on any atom is 0.260 e. The number of ether oxygens (including phenoxy) is 1. The van der Waals surface area contributed by atoms with Crippen LogP contribution >= 0.6 is 23.4 Å². The first kappa shape index (κ1) is 18.5. The minimum atomic E-state index is -0.508. The molecule has 0 heterocycles. The van der Waals surface area contributed by atoms with Gasteiger partial charge in [-0.1, -0.05) is 24.4 Å². The molecule has 0 radical (unpaired) electrons. The molecule has 0 saturated heterocycles. The van der Waals surface area contributed by atoms with Crippen molar-refractivity contribution in [2.24, 2.45) is 0 Å². The number of carbonyl (C=O) groups excluding carboxylic acids is 1. The molecule has 1 saturated carbocycles. The molecule has 23 heavy (non-hydrogen) atoms. The fourth-order valence-electron chi connectivity index (χ4n) is 2.83. The van der Waals surface area contributed by atoms with Gasteiger partial charge in [-0.3, -0.25) is 4.79 Å². The summed E-state index contributed by atoms with van der Waals surface area (Å²) in [6, 6.07) is 3.74. The second-order valence-electron chi connectivity index (χ2n) is 6.20. The SMILES string of the molecule is Cc1cc(OC(C)C(=O)NCCSC2CCCC2)cc(C)c1Cl. The molecule has 1 atom stereocenters. The van der Waals surface area contributed by atoms with Gasteiger partial charge in [0, 0.05) is 22.6 Å². The van der Waals surface area contributed by atoms with Crippen LogP contribution in [0.1, 0.15) is 43.7 Å². The van der Waals surface area contributed by atoms with E-state index in [1.807, 2.05) is 37.7 Å². The Labute approximate surface area is 148 Å². The Kier molecular flexibility index (Phi) is 7.09. The first-order valence-electron chi connectivity index (χ1n) is 8.30. The van der Waals surface area contributed by atoms with E-state index in [-0.39, 0.29) is 5.91 Å². The zero-order valence-electron chi connectivity index (χ0n) is 14.2. The number of halogens is 1. The zero-order valence-corrected chi connectivity index (χ0v) is 15.7. The van der Waals surface area contributed by atoms with Gasteiger partial charge in [0.1, 0.15) is 5.75 Å². The van der Waals surface area contributed by atoms with Gasteiger partial charge in [-0.15, -0.1) is 0 Å². The molecule has 5 heteroatoms. The van der Waals surface area contributed by atoms with Crippen molar-refractivity contribution >= 4 is 29.3 Å². The van der Waals surface area contributed by atoms with Crippen molar-refractivity contribution < 1.29 is 9.53 Å². The molecule has 1 aliphatic carbocycles. The maximum absolute atomic E-state index is 12.1. The molecule has 1 unspecified atom stereocenters. The Morgan fingerprint density at radius 2 is 1.96 bits per heavy atom. The summed E-state index contributed by atoms with van der Waals surface area (Å²) in [6.45, 7) is 6.35. The van der Waals surface area contributed by atoms with Crippen molar-refractivity contribution in [3.8, 4) is 5.75 Å². The first-order valence-corrected chi connectivity index (χ1v) is 9.72. The average molecular weight is 356 g/mol. The highest BCUT2D eigenvalue weighted by atomic mass is 35.5. The molecule has 128 valence electrons. The summed E-state index contributed by atoms with van der Waals surface area (Å²) in [5, 5.41) is 4.50. The molecular formula is C18H26ClNO2S. The number of carbonyl (C=O) groups is 1. The van der Waals surface area contributed by atoms with E-state index < -0.39 is 6.10 Å². The molecule has 0 aromatic heterocycles. The number of hydrogen-bond acceptors (Lipinski definition) is 3. The third kappa shape index (κ3) is 5.61. The van der Waals surface area contributed by atoms with E-state index in [1.54, 1.807) is 6.92 Å². The number of hydrogen-bond donors (Lipinski definition) is 1. The van der Waals surface area contributed by atoms with Crippen LogP contribution in [-0.2, 0) is 4.79 Å². The lowest BCUT2D eigenvalue weighted by molar-refractivity contribution is -0.127. The molecule has 0 spiro atoms. The summed E-state index contributed by atoms with van der Waals surface area (Å²) in [5.74, 6) is 1.59. The summed E-state index contributed by atoms with van der Waals surface area (Å²) in [5.41, 5.74) is 1.92. The first-order chi connectivity index (χ1) is 11.0. The third-order valence-electron chi connectivity index (χ3n) is 4.15. The van der Waals surface area contributed by atoms with Crippen molar-refractivity contribution in [3.63, 3.8) is 0 Å². The van der Waals surface area contributed by atoms with Crippen LogP contribution in [0.3, 0.4) is 0 Å². The highest BCUT2D eigenvalue weighted by Crippen LogP contribution is 2.29. The molecule has 1 aromatic carbocycles. The van der Waals surface area contributed by atoms with E-state index in [0.29, 0.717) is 12.3 Å². The van der Waals surface area contributed by atoms with E-state index in [1.165, 1.54) is 25.7 Å². The van der Waals surface area contributed by atoms with Crippen molar-refractivity contribution in [3.05, 3.63) is 28.3 Å². The van der Waals surface area contributed by atoms with Gasteiger partial charge in [-0.2, -0.15) is 11.8 Å². The molecule has 1 fully saturated rings. The predicted octanol–water partition coefficient (Wildman–Crippen LogP) is 4.52. The lowest BCUT2D eigenvalue weighted by Gasteiger charge is -2.16. The van der Waals surface area contributed by atoms with Gasteiger partial charge in [0.25, 0.3) is 5.91 Å². The Morgan fingerprint density at radius 1 is 1.35 bits per heavy atom. The average Bonchev–Trinajstić information content (AvgIpc) is 3.02. The molecule has 1 amide bonds. The number of benzene rings is 1. The number of thioether (sulfide) groups is 1. The Balaban J connectivity index is 1.73.